The van der Waals surface area contributed by atoms with Gasteiger partial charge < -0.3 is 9.47 Å². The monoisotopic (exact) mass is 494 g/mol. The van der Waals surface area contributed by atoms with Gasteiger partial charge in [0, 0.05) is 5.02 Å². The summed E-state index contributed by atoms with van der Waals surface area (Å²) in [4.78, 5) is 38.5. The lowest BCUT2D eigenvalue weighted by Crippen LogP contribution is -2.54. The van der Waals surface area contributed by atoms with Gasteiger partial charge >= 0.3 is 6.03 Å². The second-order valence-electron chi connectivity index (χ2n) is 7.49. The molecule has 4 rings (SSSR count). The summed E-state index contributed by atoms with van der Waals surface area (Å²) in [6.07, 6.45) is 1.34. The van der Waals surface area contributed by atoms with Crippen LogP contribution in [0.1, 0.15) is 18.1 Å². The van der Waals surface area contributed by atoms with Gasteiger partial charge in [-0.1, -0.05) is 35.9 Å². The molecule has 0 unspecified atom stereocenters. The van der Waals surface area contributed by atoms with E-state index in [1.807, 2.05) is 19.1 Å². The van der Waals surface area contributed by atoms with Gasteiger partial charge in [-0.05, 0) is 66.6 Å². The van der Waals surface area contributed by atoms with Crippen molar-refractivity contribution in [2.45, 2.75) is 13.5 Å². The SMILES string of the molecule is CCOc1cc(/C=C2\C(=O)NC(=O)N(c3cccc(F)c3)C2=O)ccc1OCc1ccc(Cl)cc1. The van der Waals surface area contributed by atoms with Gasteiger partial charge in [0.25, 0.3) is 11.8 Å². The summed E-state index contributed by atoms with van der Waals surface area (Å²) in [6, 6.07) is 16.2. The van der Waals surface area contributed by atoms with Gasteiger partial charge in [0.1, 0.15) is 18.0 Å². The zero-order valence-electron chi connectivity index (χ0n) is 18.6. The first-order chi connectivity index (χ1) is 16.9. The number of hydrogen-bond donors (Lipinski definition) is 1. The Bertz CT molecular complexity index is 1320. The Morgan fingerprint density at radius 3 is 2.46 bits per heavy atom. The van der Waals surface area contributed by atoms with Crippen molar-refractivity contribution in [2.75, 3.05) is 11.5 Å². The van der Waals surface area contributed by atoms with Crippen LogP contribution in [0.4, 0.5) is 14.9 Å². The molecule has 1 aliphatic heterocycles. The molecule has 0 saturated carbocycles. The van der Waals surface area contributed by atoms with Crippen LogP contribution in [0.3, 0.4) is 0 Å². The highest BCUT2D eigenvalue weighted by Gasteiger charge is 2.37. The minimum atomic E-state index is -0.955. The van der Waals surface area contributed by atoms with Gasteiger partial charge in [0.15, 0.2) is 11.5 Å². The zero-order valence-corrected chi connectivity index (χ0v) is 19.3. The fourth-order valence-electron chi connectivity index (χ4n) is 3.42. The number of imide groups is 2. The van der Waals surface area contributed by atoms with Crippen LogP contribution in [0.25, 0.3) is 6.08 Å². The molecule has 3 aromatic rings. The van der Waals surface area contributed by atoms with E-state index < -0.39 is 23.7 Å². The minimum absolute atomic E-state index is 0.00635. The maximum absolute atomic E-state index is 13.7. The Labute approximate surface area is 205 Å². The smallest absolute Gasteiger partial charge is 0.335 e. The number of urea groups is 1. The first-order valence-electron chi connectivity index (χ1n) is 10.7. The third-order valence-electron chi connectivity index (χ3n) is 5.05. The molecule has 35 heavy (non-hydrogen) atoms. The summed E-state index contributed by atoms with van der Waals surface area (Å²) in [7, 11) is 0. The van der Waals surface area contributed by atoms with E-state index in [9.17, 15) is 18.8 Å². The Kier molecular flexibility index (Phi) is 7.12. The van der Waals surface area contributed by atoms with Crippen LogP contribution in [0, 0.1) is 5.82 Å². The van der Waals surface area contributed by atoms with Gasteiger partial charge in [0.2, 0.25) is 0 Å². The Morgan fingerprint density at radius 1 is 0.971 bits per heavy atom. The van der Waals surface area contributed by atoms with E-state index in [4.69, 9.17) is 21.1 Å². The number of carbonyl (C=O) groups excluding carboxylic acids is 3. The summed E-state index contributed by atoms with van der Waals surface area (Å²) in [6.45, 7) is 2.45. The molecule has 9 heteroatoms. The zero-order chi connectivity index (χ0) is 24.9. The highest BCUT2D eigenvalue weighted by molar-refractivity contribution is 6.39. The molecule has 0 aliphatic carbocycles. The molecule has 178 valence electrons. The van der Waals surface area contributed by atoms with Crippen molar-refractivity contribution in [3.05, 3.63) is 94.3 Å². The molecule has 1 fully saturated rings. The van der Waals surface area contributed by atoms with Crippen molar-refractivity contribution in [2.24, 2.45) is 0 Å². The molecule has 1 aliphatic rings. The summed E-state index contributed by atoms with van der Waals surface area (Å²) in [5, 5.41) is 2.74. The maximum atomic E-state index is 13.7. The van der Waals surface area contributed by atoms with Crippen LogP contribution in [0.5, 0.6) is 11.5 Å². The van der Waals surface area contributed by atoms with Crippen LogP contribution in [0.2, 0.25) is 5.02 Å². The number of halogens is 2. The van der Waals surface area contributed by atoms with E-state index in [1.165, 1.54) is 24.3 Å². The van der Waals surface area contributed by atoms with Crippen LogP contribution >= 0.6 is 11.6 Å². The highest BCUT2D eigenvalue weighted by Crippen LogP contribution is 2.31. The van der Waals surface area contributed by atoms with Crippen LogP contribution in [-0.4, -0.2) is 24.5 Å². The van der Waals surface area contributed by atoms with E-state index in [-0.39, 0.29) is 17.9 Å². The third-order valence-corrected chi connectivity index (χ3v) is 5.31. The summed E-state index contributed by atoms with van der Waals surface area (Å²) in [5.74, 6) is -1.46. The fourth-order valence-corrected chi connectivity index (χ4v) is 3.54. The molecule has 1 saturated heterocycles. The molecule has 0 spiro atoms. The van der Waals surface area contributed by atoms with Crippen molar-refractivity contribution in [3.63, 3.8) is 0 Å². The van der Waals surface area contributed by atoms with Crippen molar-refractivity contribution >= 4 is 41.2 Å². The number of barbiturate groups is 1. The molecule has 1 N–H and O–H groups in total. The lowest BCUT2D eigenvalue weighted by Gasteiger charge is -2.26. The molecule has 7 nitrogen and oxygen atoms in total. The topological polar surface area (TPSA) is 84.9 Å². The molecular formula is C26H20ClFN2O5. The maximum Gasteiger partial charge on any atom is 0.335 e. The minimum Gasteiger partial charge on any atom is -0.490 e. The lowest BCUT2D eigenvalue weighted by molar-refractivity contribution is -0.122. The molecule has 0 radical (unpaired) electrons. The van der Waals surface area contributed by atoms with Gasteiger partial charge in [-0.2, -0.15) is 0 Å². The first kappa shape index (κ1) is 24.0. The molecule has 1 heterocycles. The largest absolute Gasteiger partial charge is 0.490 e. The predicted molar refractivity (Wildman–Crippen MR) is 129 cm³/mol. The quantitative estimate of drug-likeness (QED) is 0.364. The number of hydrogen-bond acceptors (Lipinski definition) is 5. The van der Waals surface area contributed by atoms with Crippen LogP contribution in [-0.2, 0) is 16.2 Å². The van der Waals surface area contributed by atoms with Crippen LogP contribution < -0.4 is 19.7 Å². The number of anilines is 1. The van der Waals surface area contributed by atoms with Crippen molar-refractivity contribution < 1.29 is 28.2 Å². The average molecular weight is 495 g/mol. The second kappa shape index (κ2) is 10.4. The number of carbonyl (C=O) groups is 3. The Morgan fingerprint density at radius 2 is 1.74 bits per heavy atom. The Balaban J connectivity index is 1.61. The molecule has 4 amide bonds. The molecule has 0 aromatic heterocycles. The number of nitrogens with one attached hydrogen (secondary N) is 1. The summed E-state index contributed by atoms with van der Waals surface area (Å²) >= 11 is 5.92. The van der Waals surface area contributed by atoms with Gasteiger partial charge in [-0.15, -0.1) is 0 Å². The number of benzene rings is 3. The van der Waals surface area contributed by atoms with E-state index in [0.29, 0.717) is 33.6 Å². The van der Waals surface area contributed by atoms with Crippen molar-refractivity contribution in [3.8, 4) is 11.5 Å². The standard InChI is InChI=1S/C26H20ClFN2O5/c1-2-34-23-13-17(8-11-22(23)35-15-16-6-9-18(27)10-7-16)12-21-24(31)29-26(33)30(25(21)32)20-5-3-4-19(28)14-20/h3-14H,2,15H2,1H3,(H,29,31,33)/b21-12+. The van der Waals surface area contributed by atoms with E-state index in [0.717, 1.165) is 11.6 Å². The number of rotatable bonds is 7. The molecule has 0 bridgehead atoms. The molecule has 3 aromatic carbocycles. The fraction of sp³-hybridized carbons (Fsp3) is 0.115. The normalized spacial score (nSPS) is 14.8. The molecule has 0 atom stereocenters. The highest BCUT2D eigenvalue weighted by atomic mass is 35.5. The van der Waals surface area contributed by atoms with Gasteiger partial charge in [-0.3, -0.25) is 14.9 Å². The predicted octanol–water partition coefficient (Wildman–Crippen LogP) is 5.12. The average Bonchev–Trinajstić information content (AvgIpc) is 2.82. The van der Waals surface area contributed by atoms with Gasteiger partial charge in [-0.25, -0.2) is 14.1 Å². The van der Waals surface area contributed by atoms with Crippen molar-refractivity contribution in [1.29, 1.82) is 0 Å². The molecular weight excluding hydrogens is 475 g/mol. The van der Waals surface area contributed by atoms with E-state index in [2.05, 4.69) is 5.32 Å². The number of amides is 4. The summed E-state index contributed by atoms with van der Waals surface area (Å²) < 4.78 is 25.2. The number of ether oxygens (including phenoxy) is 2. The lowest BCUT2D eigenvalue weighted by atomic mass is 10.1. The summed E-state index contributed by atoms with van der Waals surface area (Å²) in [5.41, 5.74) is 1.10. The van der Waals surface area contributed by atoms with Crippen molar-refractivity contribution in [1.82, 2.24) is 5.32 Å². The van der Waals surface area contributed by atoms with E-state index >= 15 is 0 Å². The third kappa shape index (κ3) is 5.50. The van der Waals surface area contributed by atoms with E-state index in [1.54, 1.807) is 30.3 Å². The van der Waals surface area contributed by atoms with Crippen LogP contribution in [0.15, 0.2) is 72.3 Å². The Hall–Kier alpha value is -4.17. The first-order valence-corrected chi connectivity index (χ1v) is 11.0. The second-order valence-corrected chi connectivity index (χ2v) is 7.93. The number of nitrogens with zero attached hydrogens (tertiary/aromatic N) is 1. The van der Waals surface area contributed by atoms with Gasteiger partial charge in [0.05, 0.1) is 12.3 Å².